The molecule has 4 nitrogen and oxygen atoms in total. The van der Waals surface area contributed by atoms with Crippen molar-refractivity contribution in [2.75, 3.05) is 26.0 Å². The Bertz CT molecular complexity index is 456. The second kappa shape index (κ2) is 4.57. The molecule has 90 valence electrons. The molecule has 0 aromatic heterocycles. The Labute approximate surface area is 101 Å². The molecule has 17 heavy (non-hydrogen) atoms. The molecule has 1 heterocycles. The van der Waals surface area contributed by atoms with Crippen molar-refractivity contribution in [1.82, 2.24) is 4.90 Å². The van der Waals surface area contributed by atoms with E-state index in [1.807, 2.05) is 18.2 Å². The van der Waals surface area contributed by atoms with Gasteiger partial charge in [0.1, 0.15) is 5.92 Å². The second-order valence-electron chi connectivity index (χ2n) is 4.26. The van der Waals surface area contributed by atoms with Crippen LogP contribution in [0, 0.1) is 5.92 Å². The standard InChI is InChI=1S/C13H16N2O2/c1-14-11-6-4-3-5-9(11)12(16)10-7-8-15(2)13(10)17/h3-6,10,14H,7-8H2,1-2H3. The SMILES string of the molecule is CNc1ccccc1C(=O)C1CCN(C)C1=O. The normalized spacial score (nSPS) is 19.5. The highest BCUT2D eigenvalue weighted by molar-refractivity contribution is 6.13. The van der Waals surface area contributed by atoms with Gasteiger partial charge in [-0.25, -0.2) is 0 Å². The Morgan fingerprint density at radius 1 is 1.41 bits per heavy atom. The molecule has 0 bridgehead atoms. The zero-order chi connectivity index (χ0) is 12.4. The average molecular weight is 232 g/mol. The van der Waals surface area contributed by atoms with E-state index in [0.717, 1.165) is 5.69 Å². The lowest BCUT2D eigenvalue weighted by molar-refractivity contribution is -0.128. The minimum Gasteiger partial charge on any atom is -0.388 e. The monoisotopic (exact) mass is 232 g/mol. The molecule has 1 aliphatic rings. The van der Waals surface area contributed by atoms with Crippen molar-refractivity contribution in [2.24, 2.45) is 5.92 Å². The van der Waals surface area contributed by atoms with Crippen molar-refractivity contribution in [1.29, 1.82) is 0 Å². The van der Waals surface area contributed by atoms with Crippen LogP contribution in [0.4, 0.5) is 5.69 Å². The van der Waals surface area contributed by atoms with Crippen LogP contribution in [0.3, 0.4) is 0 Å². The minimum absolute atomic E-state index is 0.0686. The van der Waals surface area contributed by atoms with Crippen LogP contribution < -0.4 is 5.32 Å². The largest absolute Gasteiger partial charge is 0.388 e. The van der Waals surface area contributed by atoms with Crippen molar-refractivity contribution in [3.63, 3.8) is 0 Å². The topological polar surface area (TPSA) is 49.4 Å². The molecule has 1 N–H and O–H groups in total. The van der Waals surface area contributed by atoms with E-state index in [4.69, 9.17) is 0 Å². The van der Waals surface area contributed by atoms with Crippen molar-refractivity contribution in [2.45, 2.75) is 6.42 Å². The van der Waals surface area contributed by atoms with Gasteiger partial charge in [0.15, 0.2) is 5.78 Å². The van der Waals surface area contributed by atoms with Crippen LogP contribution in [-0.4, -0.2) is 37.2 Å². The van der Waals surface area contributed by atoms with E-state index in [1.54, 1.807) is 25.1 Å². The summed E-state index contributed by atoms with van der Waals surface area (Å²) in [6.45, 7) is 0.664. The summed E-state index contributed by atoms with van der Waals surface area (Å²) in [6, 6.07) is 7.29. The number of hydrogen-bond donors (Lipinski definition) is 1. The van der Waals surface area contributed by atoms with Gasteiger partial charge < -0.3 is 10.2 Å². The molecule has 4 heteroatoms. The first-order valence-corrected chi connectivity index (χ1v) is 5.71. The second-order valence-corrected chi connectivity index (χ2v) is 4.26. The van der Waals surface area contributed by atoms with Gasteiger partial charge in [-0.15, -0.1) is 0 Å². The number of para-hydroxylation sites is 1. The van der Waals surface area contributed by atoms with Gasteiger partial charge in [-0.3, -0.25) is 9.59 Å². The van der Waals surface area contributed by atoms with Crippen LogP contribution in [0.1, 0.15) is 16.8 Å². The Balaban J connectivity index is 2.28. The van der Waals surface area contributed by atoms with Gasteiger partial charge in [0, 0.05) is 31.9 Å². The Morgan fingerprint density at radius 3 is 2.71 bits per heavy atom. The summed E-state index contributed by atoms with van der Waals surface area (Å²) in [6.07, 6.45) is 0.617. The first kappa shape index (κ1) is 11.6. The van der Waals surface area contributed by atoms with Crippen LogP contribution in [0.25, 0.3) is 0 Å². The van der Waals surface area contributed by atoms with Crippen molar-refractivity contribution in [3.8, 4) is 0 Å². The highest BCUT2D eigenvalue weighted by atomic mass is 16.2. The van der Waals surface area contributed by atoms with Gasteiger partial charge in [0.05, 0.1) is 0 Å². The van der Waals surface area contributed by atoms with Crippen LogP contribution >= 0.6 is 0 Å². The minimum atomic E-state index is -0.505. The van der Waals surface area contributed by atoms with E-state index in [9.17, 15) is 9.59 Å². The predicted octanol–water partition coefficient (Wildman–Crippen LogP) is 1.39. The highest BCUT2D eigenvalue weighted by Gasteiger charge is 2.35. The fourth-order valence-electron chi connectivity index (χ4n) is 2.17. The van der Waals surface area contributed by atoms with Gasteiger partial charge in [0.25, 0.3) is 0 Å². The third-order valence-electron chi connectivity index (χ3n) is 3.21. The maximum Gasteiger partial charge on any atom is 0.233 e. The van der Waals surface area contributed by atoms with Gasteiger partial charge in [-0.05, 0) is 18.6 Å². The number of anilines is 1. The molecule has 0 radical (unpaired) electrons. The molecule has 1 unspecified atom stereocenters. The predicted molar refractivity (Wildman–Crippen MR) is 66.1 cm³/mol. The summed E-state index contributed by atoms with van der Waals surface area (Å²) in [7, 11) is 3.51. The van der Waals surface area contributed by atoms with E-state index in [2.05, 4.69) is 5.32 Å². The van der Waals surface area contributed by atoms with Crippen LogP contribution in [0.2, 0.25) is 0 Å². The lowest BCUT2D eigenvalue weighted by atomic mass is 9.95. The van der Waals surface area contributed by atoms with E-state index in [-0.39, 0.29) is 11.7 Å². The third kappa shape index (κ3) is 2.02. The van der Waals surface area contributed by atoms with Gasteiger partial charge >= 0.3 is 0 Å². The summed E-state index contributed by atoms with van der Waals surface area (Å²) in [5.74, 6) is -0.653. The number of hydrogen-bond acceptors (Lipinski definition) is 3. The zero-order valence-electron chi connectivity index (χ0n) is 10.1. The fourth-order valence-corrected chi connectivity index (χ4v) is 2.17. The maximum absolute atomic E-state index is 12.3. The molecule has 1 aliphatic heterocycles. The molecule has 1 saturated heterocycles. The van der Waals surface area contributed by atoms with E-state index in [0.29, 0.717) is 18.5 Å². The van der Waals surface area contributed by atoms with Gasteiger partial charge in [0.2, 0.25) is 5.91 Å². The number of likely N-dealkylation sites (tertiary alicyclic amines) is 1. The quantitative estimate of drug-likeness (QED) is 0.633. The lowest BCUT2D eigenvalue weighted by Crippen LogP contribution is -2.27. The number of ketones is 1. The van der Waals surface area contributed by atoms with Gasteiger partial charge in [-0.1, -0.05) is 12.1 Å². The van der Waals surface area contributed by atoms with Crippen molar-refractivity contribution < 1.29 is 9.59 Å². The maximum atomic E-state index is 12.3. The smallest absolute Gasteiger partial charge is 0.233 e. The molecule has 1 aromatic carbocycles. The highest BCUT2D eigenvalue weighted by Crippen LogP contribution is 2.25. The van der Waals surface area contributed by atoms with Crippen LogP contribution in [-0.2, 0) is 4.79 Å². The summed E-state index contributed by atoms with van der Waals surface area (Å²) in [4.78, 5) is 25.7. The Morgan fingerprint density at radius 2 is 2.12 bits per heavy atom. The molecule has 0 spiro atoms. The van der Waals surface area contributed by atoms with Crippen LogP contribution in [0.5, 0.6) is 0 Å². The molecular formula is C13H16N2O2. The summed E-state index contributed by atoms with van der Waals surface area (Å²) in [5.41, 5.74) is 1.38. The molecule has 1 fully saturated rings. The number of rotatable bonds is 3. The summed E-state index contributed by atoms with van der Waals surface area (Å²) in [5, 5.41) is 2.98. The third-order valence-corrected chi connectivity index (χ3v) is 3.21. The molecule has 0 aliphatic carbocycles. The van der Waals surface area contributed by atoms with E-state index in [1.165, 1.54) is 0 Å². The summed E-state index contributed by atoms with van der Waals surface area (Å²) < 4.78 is 0. The lowest BCUT2D eigenvalue weighted by Gasteiger charge is -2.12. The van der Waals surface area contributed by atoms with Crippen LogP contribution in [0.15, 0.2) is 24.3 Å². The first-order chi connectivity index (χ1) is 8.15. The van der Waals surface area contributed by atoms with Crippen molar-refractivity contribution in [3.05, 3.63) is 29.8 Å². The number of amides is 1. The fraction of sp³-hybridized carbons (Fsp3) is 0.385. The molecule has 1 aromatic rings. The van der Waals surface area contributed by atoms with Crippen molar-refractivity contribution >= 4 is 17.4 Å². The number of benzene rings is 1. The number of nitrogens with one attached hydrogen (secondary N) is 1. The number of Topliss-reactive ketones (excluding diaryl/α,β-unsaturated/α-hetero) is 1. The zero-order valence-corrected chi connectivity index (χ0v) is 10.1. The summed E-state index contributed by atoms with van der Waals surface area (Å²) >= 11 is 0. The Hall–Kier alpha value is -1.84. The molecule has 2 rings (SSSR count). The first-order valence-electron chi connectivity index (χ1n) is 5.71. The number of nitrogens with zero attached hydrogens (tertiary/aromatic N) is 1. The number of carbonyl (C=O) groups excluding carboxylic acids is 2. The van der Waals surface area contributed by atoms with E-state index >= 15 is 0 Å². The molecule has 0 saturated carbocycles. The average Bonchev–Trinajstić information content (AvgIpc) is 2.69. The molecule has 1 amide bonds. The van der Waals surface area contributed by atoms with Gasteiger partial charge in [-0.2, -0.15) is 0 Å². The number of carbonyl (C=O) groups is 2. The molecular weight excluding hydrogens is 216 g/mol. The molecule has 1 atom stereocenters. The van der Waals surface area contributed by atoms with E-state index < -0.39 is 5.92 Å². The Kier molecular flexibility index (Phi) is 3.13.